The van der Waals surface area contributed by atoms with Crippen molar-refractivity contribution in [3.8, 4) is 0 Å². The second-order valence-electron chi connectivity index (χ2n) is 2.95. The quantitative estimate of drug-likeness (QED) is 0.501. The van der Waals surface area contributed by atoms with Crippen molar-refractivity contribution >= 4 is 15.2 Å². The number of nitrogens with one attached hydrogen (secondary N) is 1. The van der Waals surface area contributed by atoms with E-state index in [4.69, 9.17) is 8.85 Å². The minimum Gasteiger partial charge on any atom is -0.400 e. The number of carbonyl (C=O) groups excluding carboxylic acids is 1. The van der Waals surface area contributed by atoms with Gasteiger partial charge in [-0.25, -0.2) is 0 Å². The Morgan fingerprint density at radius 2 is 2.14 bits per heavy atom. The van der Waals surface area contributed by atoms with Crippen LogP contribution >= 0.6 is 0 Å². The maximum Gasteiger partial charge on any atom is 0.322 e. The van der Waals surface area contributed by atoms with Gasteiger partial charge in [0.2, 0.25) is 5.91 Å². The largest absolute Gasteiger partial charge is 0.400 e. The van der Waals surface area contributed by atoms with E-state index in [0.29, 0.717) is 0 Å². The summed E-state index contributed by atoms with van der Waals surface area (Å²) in [6.07, 6.45) is 2.15. The highest BCUT2D eigenvalue weighted by molar-refractivity contribution is 6.44. The van der Waals surface area contributed by atoms with Crippen molar-refractivity contribution in [2.45, 2.75) is 25.4 Å². The number of rotatable bonds is 7. The smallest absolute Gasteiger partial charge is 0.322 e. The van der Waals surface area contributed by atoms with Crippen molar-refractivity contribution in [2.75, 3.05) is 14.2 Å². The van der Waals surface area contributed by atoms with E-state index in [1.807, 2.05) is 6.92 Å². The molecule has 1 amide bonds. The maximum atomic E-state index is 11.0. The third kappa shape index (κ3) is 5.16. The molecule has 14 heavy (non-hydrogen) atoms. The van der Waals surface area contributed by atoms with E-state index in [1.165, 1.54) is 6.08 Å². The molecule has 0 saturated heterocycles. The monoisotopic (exact) mass is 217 g/mol. The van der Waals surface area contributed by atoms with E-state index in [-0.39, 0.29) is 11.9 Å². The Hall–Kier alpha value is -0.653. The van der Waals surface area contributed by atoms with Crippen molar-refractivity contribution < 1.29 is 13.6 Å². The third-order valence-electron chi connectivity index (χ3n) is 2.03. The maximum absolute atomic E-state index is 11.0. The molecule has 0 bridgehead atoms. The van der Waals surface area contributed by atoms with Crippen molar-refractivity contribution in [3.05, 3.63) is 12.7 Å². The first-order valence-electron chi connectivity index (χ1n) is 4.66. The van der Waals surface area contributed by atoms with Crippen LogP contribution in [0.2, 0.25) is 6.04 Å². The second-order valence-corrected chi connectivity index (χ2v) is 5.23. The first kappa shape index (κ1) is 13.3. The molecule has 0 aliphatic carbocycles. The molecule has 0 radical (unpaired) electrons. The lowest BCUT2D eigenvalue weighted by atomic mass is 10.2. The summed E-state index contributed by atoms with van der Waals surface area (Å²) in [7, 11) is 1.70. The minimum atomic E-state index is -1.59. The van der Waals surface area contributed by atoms with Crippen molar-refractivity contribution in [3.63, 3.8) is 0 Å². The van der Waals surface area contributed by atoms with Gasteiger partial charge in [-0.2, -0.15) is 0 Å². The lowest BCUT2D eigenvalue weighted by molar-refractivity contribution is -0.117. The Kier molecular flexibility index (Phi) is 7.36. The second kappa shape index (κ2) is 7.72. The molecule has 4 nitrogen and oxygen atoms in total. The molecule has 0 fully saturated rings. The molecule has 0 aromatic rings. The van der Waals surface area contributed by atoms with Crippen LogP contribution in [0.3, 0.4) is 0 Å². The minimum absolute atomic E-state index is 0.122. The van der Waals surface area contributed by atoms with Crippen LogP contribution in [0.4, 0.5) is 0 Å². The summed E-state index contributed by atoms with van der Waals surface area (Å²) >= 11 is 0. The predicted octanol–water partition coefficient (Wildman–Crippen LogP) is 0.580. The number of amides is 1. The van der Waals surface area contributed by atoms with Gasteiger partial charge < -0.3 is 14.2 Å². The van der Waals surface area contributed by atoms with Crippen LogP contribution in [0.15, 0.2) is 12.7 Å². The average molecular weight is 217 g/mol. The topological polar surface area (TPSA) is 47.6 Å². The molecule has 0 heterocycles. The van der Waals surface area contributed by atoms with Crippen molar-refractivity contribution in [2.24, 2.45) is 0 Å². The van der Waals surface area contributed by atoms with Gasteiger partial charge in [0.25, 0.3) is 0 Å². The SMILES string of the molecule is C=CC(=O)NC(CC)C[SiH](OC)OC. The molecule has 1 atom stereocenters. The number of carbonyl (C=O) groups is 1. The summed E-state index contributed by atoms with van der Waals surface area (Å²) in [4.78, 5) is 11.0. The van der Waals surface area contributed by atoms with Crippen LogP contribution in [-0.4, -0.2) is 35.5 Å². The zero-order valence-electron chi connectivity index (χ0n) is 9.08. The van der Waals surface area contributed by atoms with Crippen LogP contribution in [0.5, 0.6) is 0 Å². The van der Waals surface area contributed by atoms with Gasteiger partial charge in [-0.15, -0.1) is 0 Å². The Labute approximate surface area is 87.1 Å². The fourth-order valence-electron chi connectivity index (χ4n) is 1.11. The Bertz CT molecular complexity index is 183. The zero-order chi connectivity index (χ0) is 11.0. The molecule has 5 heteroatoms. The highest BCUT2D eigenvalue weighted by Gasteiger charge is 2.17. The third-order valence-corrected chi connectivity index (χ3v) is 4.03. The fourth-order valence-corrected chi connectivity index (χ4v) is 2.60. The molecule has 0 rings (SSSR count). The van der Waals surface area contributed by atoms with E-state index in [9.17, 15) is 4.79 Å². The molecule has 0 aromatic heterocycles. The molecule has 0 aromatic carbocycles. The zero-order valence-corrected chi connectivity index (χ0v) is 10.2. The van der Waals surface area contributed by atoms with Crippen LogP contribution in [0.25, 0.3) is 0 Å². The van der Waals surface area contributed by atoms with Gasteiger partial charge >= 0.3 is 9.28 Å². The first-order chi connectivity index (χ1) is 6.67. The summed E-state index contributed by atoms with van der Waals surface area (Å²) in [6.45, 7) is 5.42. The van der Waals surface area contributed by atoms with E-state index < -0.39 is 9.28 Å². The molecule has 1 N–H and O–H groups in total. The molecule has 0 spiro atoms. The number of hydrogen-bond donors (Lipinski definition) is 1. The van der Waals surface area contributed by atoms with Crippen LogP contribution in [0.1, 0.15) is 13.3 Å². The molecular formula is C9H19NO3Si. The summed E-state index contributed by atoms with van der Waals surface area (Å²) in [5, 5.41) is 2.83. The van der Waals surface area contributed by atoms with E-state index >= 15 is 0 Å². The Balaban J connectivity index is 4.00. The van der Waals surface area contributed by atoms with Crippen LogP contribution < -0.4 is 5.32 Å². The first-order valence-corrected chi connectivity index (χ1v) is 6.42. The summed E-state index contributed by atoms with van der Waals surface area (Å²) < 4.78 is 10.4. The average Bonchev–Trinajstić information content (AvgIpc) is 2.23. The predicted molar refractivity (Wildman–Crippen MR) is 58.4 cm³/mol. The van der Waals surface area contributed by atoms with Gasteiger partial charge in [0, 0.05) is 26.3 Å². The van der Waals surface area contributed by atoms with Crippen molar-refractivity contribution in [1.29, 1.82) is 0 Å². The van der Waals surface area contributed by atoms with E-state index in [2.05, 4.69) is 11.9 Å². The molecule has 1 unspecified atom stereocenters. The lowest BCUT2D eigenvalue weighted by Gasteiger charge is -2.19. The van der Waals surface area contributed by atoms with Gasteiger partial charge in [-0.05, 0) is 12.5 Å². The summed E-state index contributed by atoms with van der Waals surface area (Å²) in [5.41, 5.74) is 0. The molecule has 82 valence electrons. The molecule has 0 saturated carbocycles. The highest BCUT2D eigenvalue weighted by Crippen LogP contribution is 2.04. The highest BCUT2D eigenvalue weighted by atomic mass is 28.3. The summed E-state index contributed by atoms with van der Waals surface area (Å²) in [6, 6.07) is 0.903. The standard InChI is InChI=1S/C9H19NO3Si/c1-5-8(10-9(11)6-2)7-14(12-3)13-4/h6,8,14H,2,5,7H2,1,3-4H3,(H,10,11). The van der Waals surface area contributed by atoms with Gasteiger partial charge in [-0.1, -0.05) is 13.5 Å². The van der Waals surface area contributed by atoms with Crippen molar-refractivity contribution in [1.82, 2.24) is 5.32 Å². The van der Waals surface area contributed by atoms with E-state index in [1.54, 1.807) is 14.2 Å². The van der Waals surface area contributed by atoms with Gasteiger partial charge in [0.1, 0.15) is 0 Å². The Morgan fingerprint density at radius 1 is 1.57 bits per heavy atom. The molecule has 0 aliphatic rings. The Morgan fingerprint density at radius 3 is 2.50 bits per heavy atom. The molecule has 0 aliphatic heterocycles. The van der Waals surface area contributed by atoms with Gasteiger partial charge in [0.05, 0.1) is 0 Å². The summed E-state index contributed by atoms with van der Waals surface area (Å²) in [5.74, 6) is -0.142. The molecular weight excluding hydrogens is 198 g/mol. The van der Waals surface area contributed by atoms with E-state index in [0.717, 1.165) is 12.5 Å². The van der Waals surface area contributed by atoms with Crippen LogP contribution in [-0.2, 0) is 13.6 Å². The van der Waals surface area contributed by atoms with Gasteiger partial charge in [0.15, 0.2) is 0 Å². The van der Waals surface area contributed by atoms with Crippen LogP contribution in [0, 0.1) is 0 Å². The van der Waals surface area contributed by atoms with Gasteiger partial charge in [-0.3, -0.25) is 4.79 Å². The number of hydrogen-bond acceptors (Lipinski definition) is 3. The lowest BCUT2D eigenvalue weighted by Crippen LogP contribution is -2.37. The normalized spacial score (nSPS) is 12.6. The fraction of sp³-hybridized carbons (Fsp3) is 0.667.